The molecule has 3 heteroatoms. The average Bonchev–Trinajstić information content (AvgIpc) is 2.36. The fourth-order valence-electron chi connectivity index (χ4n) is 1.83. The average molecular weight is 247 g/mol. The number of hydrogen-bond acceptors (Lipinski definition) is 3. The minimum Gasteiger partial charge on any atom is -0.465 e. The molecule has 1 aromatic rings. The molecule has 0 aliphatic rings. The summed E-state index contributed by atoms with van der Waals surface area (Å²) >= 11 is 0. The molecule has 0 aliphatic carbocycles. The van der Waals surface area contributed by atoms with Crippen LogP contribution in [0.15, 0.2) is 36.4 Å². The molecule has 0 saturated heterocycles. The summed E-state index contributed by atoms with van der Waals surface area (Å²) in [7, 11) is 1.40. The Morgan fingerprint density at radius 2 is 2.17 bits per heavy atom. The molecule has 18 heavy (non-hydrogen) atoms. The van der Waals surface area contributed by atoms with Gasteiger partial charge in [0.25, 0.3) is 0 Å². The second kappa shape index (κ2) is 6.97. The molecule has 0 aromatic heterocycles. The summed E-state index contributed by atoms with van der Waals surface area (Å²) in [6.45, 7) is 10.7. The van der Waals surface area contributed by atoms with Crippen LogP contribution in [0.3, 0.4) is 0 Å². The van der Waals surface area contributed by atoms with E-state index >= 15 is 0 Å². The first-order valence-electron chi connectivity index (χ1n) is 6.10. The molecule has 0 radical (unpaired) electrons. The van der Waals surface area contributed by atoms with Crippen molar-refractivity contribution in [3.05, 3.63) is 47.5 Å². The van der Waals surface area contributed by atoms with E-state index in [4.69, 9.17) is 4.74 Å². The number of nitrogens with zero attached hydrogens (tertiary/aromatic N) is 1. The lowest BCUT2D eigenvalue weighted by Crippen LogP contribution is -2.24. The Morgan fingerprint density at radius 3 is 2.72 bits per heavy atom. The van der Waals surface area contributed by atoms with Crippen molar-refractivity contribution < 1.29 is 9.53 Å². The molecule has 3 nitrogen and oxygen atoms in total. The van der Waals surface area contributed by atoms with Gasteiger partial charge >= 0.3 is 5.97 Å². The van der Waals surface area contributed by atoms with Crippen LogP contribution < -0.4 is 0 Å². The minimum atomic E-state index is -0.292. The summed E-state index contributed by atoms with van der Waals surface area (Å²) < 4.78 is 4.72. The highest BCUT2D eigenvalue weighted by atomic mass is 16.5. The monoisotopic (exact) mass is 247 g/mol. The molecule has 0 spiro atoms. The molecule has 0 unspecified atom stereocenters. The van der Waals surface area contributed by atoms with Gasteiger partial charge in [-0.3, -0.25) is 4.90 Å². The predicted molar refractivity (Wildman–Crippen MR) is 73.5 cm³/mol. The zero-order chi connectivity index (χ0) is 13.5. The van der Waals surface area contributed by atoms with Crippen LogP contribution in [0, 0.1) is 0 Å². The van der Waals surface area contributed by atoms with Gasteiger partial charge in [0.1, 0.15) is 0 Å². The quantitative estimate of drug-likeness (QED) is 0.572. The molecule has 0 fully saturated rings. The van der Waals surface area contributed by atoms with Crippen molar-refractivity contribution in [2.75, 3.05) is 20.2 Å². The number of methoxy groups -OCH3 is 1. The molecule has 0 bridgehead atoms. The first-order valence-corrected chi connectivity index (χ1v) is 6.10. The molecular formula is C15H21NO2. The van der Waals surface area contributed by atoms with E-state index in [0.29, 0.717) is 5.56 Å². The van der Waals surface area contributed by atoms with Crippen LogP contribution in [0.2, 0.25) is 0 Å². The standard InChI is InChI=1S/C15H21NO2/c1-5-16(10-12(2)3)11-13-7-6-8-14(9-13)15(17)18-4/h6-9H,2,5,10-11H2,1,3-4H3. The Morgan fingerprint density at radius 1 is 1.44 bits per heavy atom. The van der Waals surface area contributed by atoms with E-state index in [9.17, 15) is 4.79 Å². The number of hydrogen-bond donors (Lipinski definition) is 0. The van der Waals surface area contributed by atoms with Crippen LogP contribution in [0.4, 0.5) is 0 Å². The van der Waals surface area contributed by atoms with Crippen molar-refractivity contribution in [2.24, 2.45) is 0 Å². The van der Waals surface area contributed by atoms with Crippen LogP contribution in [0.5, 0.6) is 0 Å². The Bertz CT molecular complexity index is 426. The van der Waals surface area contributed by atoms with Crippen LogP contribution in [-0.4, -0.2) is 31.1 Å². The molecule has 0 aliphatic heterocycles. The maximum atomic E-state index is 11.4. The van der Waals surface area contributed by atoms with Gasteiger partial charge in [-0.25, -0.2) is 4.79 Å². The smallest absolute Gasteiger partial charge is 0.337 e. The van der Waals surface area contributed by atoms with E-state index in [2.05, 4.69) is 18.4 Å². The van der Waals surface area contributed by atoms with E-state index in [1.807, 2.05) is 25.1 Å². The Balaban J connectivity index is 2.77. The third-order valence-corrected chi connectivity index (χ3v) is 2.69. The Kier molecular flexibility index (Phi) is 5.59. The van der Waals surface area contributed by atoms with E-state index < -0.39 is 0 Å². The zero-order valence-electron chi connectivity index (χ0n) is 11.4. The van der Waals surface area contributed by atoms with Crippen LogP contribution in [-0.2, 0) is 11.3 Å². The second-order valence-electron chi connectivity index (χ2n) is 4.45. The van der Waals surface area contributed by atoms with Crippen LogP contribution >= 0.6 is 0 Å². The molecule has 1 rings (SSSR count). The third kappa shape index (κ3) is 4.34. The van der Waals surface area contributed by atoms with Crippen LogP contribution in [0.25, 0.3) is 0 Å². The van der Waals surface area contributed by atoms with Gasteiger partial charge in [-0.1, -0.05) is 31.2 Å². The summed E-state index contributed by atoms with van der Waals surface area (Å²) in [4.78, 5) is 13.7. The van der Waals surface area contributed by atoms with Crippen molar-refractivity contribution in [1.82, 2.24) is 4.90 Å². The maximum absolute atomic E-state index is 11.4. The van der Waals surface area contributed by atoms with Gasteiger partial charge in [0.05, 0.1) is 12.7 Å². The lowest BCUT2D eigenvalue weighted by atomic mass is 10.1. The van der Waals surface area contributed by atoms with Crippen molar-refractivity contribution in [2.45, 2.75) is 20.4 Å². The molecular weight excluding hydrogens is 226 g/mol. The SMILES string of the molecule is C=C(C)CN(CC)Cc1cccc(C(=O)OC)c1. The molecule has 0 amide bonds. The molecule has 0 saturated carbocycles. The summed E-state index contributed by atoms with van der Waals surface area (Å²) in [6.07, 6.45) is 0. The van der Waals surface area contributed by atoms with Crippen LogP contribution in [0.1, 0.15) is 29.8 Å². The summed E-state index contributed by atoms with van der Waals surface area (Å²) in [5, 5.41) is 0. The number of likely N-dealkylation sites (N-methyl/N-ethyl adjacent to an activating group) is 1. The number of rotatable bonds is 6. The van der Waals surface area contributed by atoms with Crippen molar-refractivity contribution in [1.29, 1.82) is 0 Å². The summed E-state index contributed by atoms with van der Waals surface area (Å²) in [5.41, 5.74) is 2.85. The highest BCUT2D eigenvalue weighted by molar-refractivity contribution is 5.89. The first kappa shape index (κ1) is 14.5. The molecule has 1 aromatic carbocycles. The molecule has 0 N–H and O–H groups in total. The lowest BCUT2D eigenvalue weighted by molar-refractivity contribution is 0.0600. The predicted octanol–water partition coefficient (Wildman–Crippen LogP) is 2.87. The molecule has 0 atom stereocenters. The number of benzene rings is 1. The largest absolute Gasteiger partial charge is 0.465 e. The van der Waals surface area contributed by atoms with E-state index in [0.717, 1.165) is 30.8 Å². The number of carbonyl (C=O) groups is 1. The van der Waals surface area contributed by atoms with Crippen molar-refractivity contribution in [3.8, 4) is 0 Å². The third-order valence-electron chi connectivity index (χ3n) is 2.69. The van der Waals surface area contributed by atoms with E-state index in [-0.39, 0.29) is 5.97 Å². The number of carbonyl (C=O) groups excluding carboxylic acids is 1. The van der Waals surface area contributed by atoms with Gasteiger partial charge in [0.15, 0.2) is 0 Å². The highest BCUT2D eigenvalue weighted by Gasteiger charge is 2.08. The number of ether oxygens (including phenoxy) is 1. The van der Waals surface area contributed by atoms with Gasteiger partial charge in [0, 0.05) is 13.1 Å². The van der Waals surface area contributed by atoms with Gasteiger partial charge in [0.2, 0.25) is 0 Å². The van der Waals surface area contributed by atoms with Gasteiger partial charge in [-0.05, 0) is 31.2 Å². The number of esters is 1. The fourth-order valence-corrected chi connectivity index (χ4v) is 1.83. The van der Waals surface area contributed by atoms with Gasteiger partial charge < -0.3 is 4.74 Å². The fraction of sp³-hybridized carbons (Fsp3) is 0.400. The summed E-state index contributed by atoms with van der Waals surface area (Å²) in [5.74, 6) is -0.292. The lowest BCUT2D eigenvalue weighted by Gasteiger charge is -2.20. The van der Waals surface area contributed by atoms with E-state index in [1.165, 1.54) is 7.11 Å². The van der Waals surface area contributed by atoms with Gasteiger partial charge in [-0.15, -0.1) is 0 Å². The van der Waals surface area contributed by atoms with Crippen molar-refractivity contribution >= 4 is 5.97 Å². The van der Waals surface area contributed by atoms with Gasteiger partial charge in [-0.2, -0.15) is 0 Å². The topological polar surface area (TPSA) is 29.5 Å². The first-order chi connectivity index (χ1) is 8.56. The normalized spacial score (nSPS) is 10.4. The molecule has 98 valence electrons. The Labute approximate surface area is 109 Å². The van der Waals surface area contributed by atoms with Crippen molar-refractivity contribution in [3.63, 3.8) is 0 Å². The Hall–Kier alpha value is -1.61. The highest BCUT2D eigenvalue weighted by Crippen LogP contribution is 2.10. The second-order valence-corrected chi connectivity index (χ2v) is 4.45. The summed E-state index contributed by atoms with van der Waals surface area (Å²) in [6, 6.07) is 7.56. The molecule has 0 heterocycles. The minimum absolute atomic E-state index is 0.292. The maximum Gasteiger partial charge on any atom is 0.337 e. The van der Waals surface area contributed by atoms with E-state index in [1.54, 1.807) is 6.07 Å². The zero-order valence-corrected chi connectivity index (χ0v) is 11.4.